The summed E-state index contributed by atoms with van der Waals surface area (Å²) in [5, 5.41) is 3.87. The molecule has 2 aromatic rings. The van der Waals surface area contributed by atoms with Crippen LogP contribution in [-0.2, 0) is 0 Å². The maximum atomic E-state index is 5.99. The van der Waals surface area contributed by atoms with E-state index in [4.69, 9.17) is 11.6 Å². The van der Waals surface area contributed by atoms with Gasteiger partial charge < -0.3 is 5.32 Å². The fraction of sp³-hybridized carbons (Fsp3) is 0.250. The van der Waals surface area contributed by atoms with E-state index >= 15 is 0 Å². The highest BCUT2D eigenvalue weighted by atomic mass is 35.5. The fourth-order valence-corrected chi connectivity index (χ4v) is 2.54. The first-order chi connectivity index (χ1) is 7.66. The molecule has 0 aliphatic carbocycles. The number of aryl methyl sites for hydroxylation is 1. The maximum absolute atomic E-state index is 5.99. The first kappa shape index (κ1) is 11.4. The van der Waals surface area contributed by atoms with Crippen molar-refractivity contribution in [2.75, 3.05) is 5.32 Å². The fourth-order valence-electron chi connectivity index (χ4n) is 1.48. The van der Waals surface area contributed by atoms with Gasteiger partial charge in [-0.3, -0.25) is 0 Å². The standard InChI is InChI=1S/C12H13ClN2S/c1-8-5-6-11(16-8)9(2)15-10-4-3-7-14-12(10)13/h3-7,9,15H,1-2H3. The quantitative estimate of drug-likeness (QED) is 0.825. The van der Waals surface area contributed by atoms with Gasteiger partial charge in [0.25, 0.3) is 0 Å². The van der Waals surface area contributed by atoms with Crippen molar-refractivity contribution in [2.45, 2.75) is 19.9 Å². The molecular formula is C12H13ClN2S. The van der Waals surface area contributed by atoms with E-state index in [1.807, 2.05) is 12.1 Å². The third-order valence-corrected chi connectivity index (χ3v) is 3.80. The largest absolute Gasteiger partial charge is 0.375 e. The van der Waals surface area contributed by atoms with Crippen LogP contribution >= 0.6 is 22.9 Å². The molecule has 1 N–H and O–H groups in total. The molecule has 0 amide bonds. The monoisotopic (exact) mass is 252 g/mol. The highest BCUT2D eigenvalue weighted by molar-refractivity contribution is 7.12. The van der Waals surface area contributed by atoms with Crippen LogP contribution in [0.15, 0.2) is 30.5 Å². The molecule has 16 heavy (non-hydrogen) atoms. The normalized spacial score (nSPS) is 12.4. The summed E-state index contributed by atoms with van der Waals surface area (Å²) in [6, 6.07) is 8.33. The van der Waals surface area contributed by atoms with E-state index in [9.17, 15) is 0 Å². The number of pyridine rings is 1. The summed E-state index contributed by atoms with van der Waals surface area (Å²) in [4.78, 5) is 6.66. The summed E-state index contributed by atoms with van der Waals surface area (Å²) < 4.78 is 0. The van der Waals surface area contributed by atoms with E-state index < -0.39 is 0 Å². The molecule has 0 saturated heterocycles. The van der Waals surface area contributed by atoms with Crippen molar-refractivity contribution < 1.29 is 0 Å². The van der Waals surface area contributed by atoms with Crippen LogP contribution in [0.4, 0.5) is 5.69 Å². The van der Waals surface area contributed by atoms with Crippen molar-refractivity contribution in [3.8, 4) is 0 Å². The lowest BCUT2D eigenvalue weighted by molar-refractivity contribution is 0.906. The van der Waals surface area contributed by atoms with E-state index in [0.717, 1.165) is 5.69 Å². The molecule has 2 rings (SSSR count). The second-order valence-corrected chi connectivity index (χ2v) is 5.33. The number of nitrogens with zero attached hydrogens (tertiary/aromatic N) is 1. The number of aromatic nitrogens is 1. The van der Waals surface area contributed by atoms with E-state index in [1.165, 1.54) is 9.75 Å². The first-order valence-electron chi connectivity index (χ1n) is 5.10. The smallest absolute Gasteiger partial charge is 0.152 e. The predicted molar refractivity (Wildman–Crippen MR) is 70.3 cm³/mol. The first-order valence-corrected chi connectivity index (χ1v) is 6.29. The van der Waals surface area contributed by atoms with Crippen LogP contribution in [-0.4, -0.2) is 4.98 Å². The van der Waals surface area contributed by atoms with Gasteiger partial charge in [0.1, 0.15) is 0 Å². The zero-order valence-electron chi connectivity index (χ0n) is 9.20. The molecular weight excluding hydrogens is 240 g/mol. The predicted octanol–water partition coefficient (Wildman–Crippen LogP) is 4.28. The molecule has 0 fully saturated rings. The number of anilines is 1. The Morgan fingerprint density at radius 2 is 2.19 bits per heavy atom. The number of thiophene rings is 1. The third kappa shape index (κ3) is 2.54. The molecule has 0 bridgehead atoms. The van der Waals surface area contributed by atoms with Crippen LogP contribution in [0.2, 0.25) is 5.15 Å². The second kappa shape index (κ2) is 4.85. The Morgan fingerprint density at radius 1 is 1.38 bits per heavy atom. The van der Waals surface area contributed by atoms with Gasteiger partial charge in [-0.05, 0) is 38.1 Å². The highest BCUT2D eigenvalue weighted by Gasteiger charge is 2.09. The van der Waals surface area contributed by atoms with E-state index in [1.54, 1.807) is 17.5 Å². The average Bonchev–Trinajstić information content (AvgIpc) is 2.68. The molecule has 2 heterocycles. The van der Waals surface area contributed by atoms with Crippen molar-refractivity contribution in [2.24, 2.45) is 0 Å². The minimum absolute atomic E-state index is 0.250. The molecule has 1 atom stereocenters. The lowest BCUT2D eigenvalue weighted by Gasteiger charge is -2.14. The van der Waals surface area contributed by atoms with Crippen LogP contribution in [0.3, 0.4) is 0 Å². The second-order valence-electron chi connectivity index (χ2n) is 3.66. The Balaban J connectivity index is 2.13. The topological polar surface area (TPSA) is 24.9 Å². The van der Waals surface area contributed by atoms with Crippen molar-refractivity contribution in [1.29, 1.82) is 0 Å². The molecule has 0 aliphatic heterocycles. The molecule has 0 aliphatic rings. The SMILES string of the molecule is Cc1ccc(C(C)Nc2cccnc2Cl)s1. The summed E-state index contributed by atoms with van der Waals surface area (Å²) in [6.45, 7) is 4.23. The molecule has 84 valence electrons. The van der Waals surface area contributed by atoms with E-state index in [2.05, 4.69) is 36.3 Å². The number of hydrogen-bond acceptors (Lipinski definition) is 3. The van der Waals surface area contributed by atoms with Gasteiger partial charge in [-0.1, -0.05) is 11.6 Å². The van der Waals surface area contributed by atoms with Crippen LogP contribution in [0.1, 0.15) is 22.7 Å². The molecule has 4 heteroatoms. The summed E-state index contributed by atoms with van der Waals surface area (Å²) in [5.41, 5.74) is 0.878. The summed E-state index contributed by atoms with van der Waals surface area (Å²) in [6.07, 6.45) is 1.69. The lowest BCUT2D eigenvalue weighted by Crippen LogP contribution is -2.05. The molecule has 1 unspecified atom stereocenters. The van der Waals surface area contributed by atoms with Crippen LogP contribution in [0, 0.1) is 6.92 Å². The van der Waals surface area contributed by atoms with Gasteiger partial charge in [-0.25, -0.2) is 4.98 Å². The molecule has 0 spiro atoms. The van der Waals surface area contributed by atoms with Crippen LogP contribution in [0.25, 0.3) is 0 Å². The van der Waals surface area contributed by atoms with Crippen molar-refractivity contribution in [3.05, 3.63) is 45.4 Å². The number of hydrogen-bond donors (Lipinski definition) is 1. The van der Waals surface area contributed by atoms with Gasteiger partial charge in [0.2, 0.25) is 0 Å². The minimum atomic E-state index is 0.250. The summed E-state index contributed by atoms with van der Waals surface area (Å²) in [7, 11) is 0. The number of rotatable bonds is 3. The van der Waals surface area contributed by atoms with Gasteiger partial charge in [0.05, 0.1) is 11.7 Å². The highest BCUT2D eigenvalue weighted by Crippen LogP contribution is 2.27. The average molecular weight is 253 g/mol. The lowest BCUT2D eigenvalue weighted by atomic mass is 10.2. The van der Waals surface area contributed by atoms with Crippen molar-refractivity contribution in [1.82, 2.24) is 4.98 Å². The van der Waals surface area contributed by atoms with Gasteiger partial charge in [0.15, 0.2) is 5.15 Å². The third-order valence-electron chi connectivity index (χ3n) is 2.32. The molecule has 0 radical (unpaired) electrons. The van der Waals surface area contributed by atoms with Crippen molar-refractivity contribution in [3.63, 3.8) is 0 Å². The van der Waals surface area contributed by atoms with Gasteiger partial charge in [-0.2, -0.15) is 0 Å². The molecule has 0 aromatic carbocycles. The van der Waals surface area contributed by atoms with E-state index in [-0.39, 0.29) is 6.04 Å². The number of nitrogens with one attached hydrogen (secondary N) is 1. The van der Waals surface area contributed by atoms with Gasteiger partial charge in [-0.15, -0.1) is 11.3 Å². The maximum Gasteiger partial charge on any atom is 0.152 e. The minimum Gasteiger partial charge on any atom is -0.375 e. The Labute approximate surface area is 104 Å². The molecule has 2 nitrogen and oxygen atoms in total. The van der Waals surface area contributed by atoms with Crippen LogP contribution < -0.4 is 5.32 Å². The van der Waals surface area contributed by atoms with Crippen molar-refractivity contribution >= 4 is 28.6 Å². The van der Waals surface area contributed by atoms with E-state index in [0.29, 0.717) is 5.15 Å². The van der Waals surface area contributed by atoms with Crippen LogP contribution in [0.5, 0.6) is 0 Å². The molecule has 2 aromatic heterocycles. The Bertz CT molecular complexity index is 481. The Hall–Kier alpha value is -1.06. The zero-order chi connectivity index (χ0) is 11.5. The zero-order valence-corrected chi connectivity index (χ0v) is 10.8. The Kier molecular flexibility index (Phi) is 3.46. The summed E-state index contributed by atoms with van der Waals surface area (Å²) in [5.74, 6) is 0. The van der Waals surface area contributed by atoms with Gasteiger partial charge >= 0.3 is 0 Å². The molecule has 0 saturated carbocycles. The summed E-state index contributed by atoms with van der Waals surface area (Å²) >= 11 is 7.79. The van der Waals surface area contributed by atoms with Gasteiger partial charge in [0, 0.05) is 16.0 Å². The number of halogens is 1. The Morgan fingerprint density at radius 3 is 2.81 bits per heavy atom.